The molecule has 4 heteroatoms. The van der Waals surface area contributed by atoms with Crippen molar-refractivity contribution in [2.24, 2.45) is 5.92 Å². The standard InChI is InChI=1S/C19H23NO3/c1-14(10-15-8-5-9-15)19(22)20-17(13-23-18(20)12-21)11-16-6-3-2-4-7-16/h2-4,6-7,12,15,17-18H,1,5,8-11,13H2. The minimum atomic E-state index is -0.783. The second-order valence-electron chi connectivity index (χ2n) is 6.52. The summed E-state index contributed by atoms with van der Waals surface area (Å²) in [6, 6.07) is 9.86. The maximum atomic E-state index is 12.8. The van der Waals surface area contributed by atoms with Crippen LogP contribution in [0.25, 0.3) is 0 Å². The van der Waals surface area contributed by atoms with Gasteiger partial charge in [-0.2, -0.15) is 0 Å². The van der Waals surface area contributed by atoms with E-state index in [1.165, 1.54) is 19.3 Å². The number of hydrogen-bond donors (Lipinski definition) is 0. The summed E-state index contributed by atoms with van der Waals surface area (Å²) in [4.78, 5) is 25.6. The molecule has 122 valence electrons. The van der Waals surface area contributed by atoms with Gasteiger partial charge in [-0.3, -0.25) is 9.59 Å². The van der Waals surface area contributed by atoms with Crippen LogP contribution < -0.4 is 0 Å². The summed E-state index contributed by atoms with van der Waals surface area (Å²) < 4.78 is 5.51. The van der Waals surface area contributed by atoms with Crippen LogP contribution in [0.5, 0.6) is 0 Å². The average Bonchev–Trinajstić information content (AvgIpc) is 2.93. The summed E-state index contributed by atoms with van der Waals surface area (Å²) in [5.74, 6) is 0.449. The first-order valence-corrected chi connectivity index (χ1v) is 8.30. The molecule has 0 radical (unpaired) electrons. The second kappa shape index (κ2) is 7.09. The Morgan fingerprint density at radius 3 is 2.65 bits per heavy atom. The van der Waals surface area contributed by atoms with Gasteiger partial charge < -0.3 is 9.64 Å². The van der Waals surface area contributed by atoms with Crippen LogP contribution in [0.15, 0.2) is 42.5 Å². The molecule has 2 aliphatic rings. The highest BCUT2D eigenvalue weighted by Crippen LogP contribution is 2.33. The number of aldehydes is 1. The van der Waals surface area contributed by atoms with Crippen LogP contribution in [-0.2, 0) is 20.7 Å². The number of carbonyl (C=O) groups excluding carboxylic acids is 2. The van der Waals surface area contributed by atoms with Gasteiger partial charge in [-0.05, 0) is 24.3 Å². The van der Waals surface area contributed by atoms with Gasteiger partial charge >= 0.3 is 0 Å². The molecule has 0 N–H and O–H groups in total. The molecule has 3 rings (SSSR count). The Hall–Kier alpha value is -1.94. The lowest BCUT2D eigenvalue weighted by molar-refractivity contribution is -0.139. The van der Waals surface area contributed by atoms with Crippen LogP contribution in [0, 0.1) is 5.92 Å². The molecule has 0 bridgehead atoms. The molecule has 2 fully saturated rings. The number of hydrogen-bond acceptors (Lipinski definition) is 3. The van der Waals surface area contributed by atoms with E-state index in [1.807, 2.05) is 30.3 Å². The molecular weight excluding hydrogens is 290 g/mol. The minimum Gasteiger partial charge on any atom is -0.349 e. The fraction of sp³-hybridized carbons (Fsp3) is 0.474. The minimum absolute atomic E-state index is 0.113. The molecule has 23 heavy (non-hydrogen) atoms. The molecule has 1 aromatic rings. The zero-order chi connectivity index (χ0) is 16.2. The van der Waals surface area contributed by atoms with E-state index in [9.17, 15) is 9.59 Å². The van der Waals surface area contributed by atoms with E-state index in [-0.39, 0.29) is 11.9 Å². The smallest absolute Gasteiger partial charge is 0.251 e. The van der Waals surface area contributed by atoms with Crippen molar-refractivity contribution in [1.82, 2.24) is 4.90 Å². The number of rotatable bonds is 6. The van der Waals surface area contributed by atoms with Crippen LogP contribution in [-0.4, -0.2) is 36.0 Å². The van der Waals surface area contributed by atoms with Crippen molar-refractivity contribution in [3.63, 3.8) is 0 Å². The summed E-state index contributed by atoms with van der Waals surface area (Å²) >= 11 is 0. The summed E-state index contributed by atoms with van der Waals surface area (Å²) in [5.41, 5.74) is 1.74. The third kappa shape index (κ3) is 3.53. The lowest BCUT2D eigenvalue weighted by Gasteiger charge is -2.30. The van der Waals surface area contributed by atoms with E-state index < -0.39 is 6.23 Å². The van der Waals surface area contributed by atoms with Gasteiger partial charge in [-0.15, -0.1) is 0 Å². The second-order valence-corrected chi connectivity index (χ2v) is 6.52. The topological polar surface area (TPSA) is 46.6 Å². The highest BCUT2D eigenvalue weighted by Gasteiger charge is 2.38. The quantitative estimate of drug-likeness (QED) is 0.599. The monoisotopic (exact) mass is 313 g/mol. The van der Waals surface area contributed by atoms with Gasteiger partial charge in [-0.1, -0.05) is 56.2 Å². The van der Waals surface area contributed by atoms with Crippen molar-refractivity contribution >= 4 is 12.2 Å². The molecule has 0 aromatic heterocycles. The number of nitrogens with zero attached hydrogens (tertiary/aromatic N) is 1. The number of carbonyl (C=O) groups is 2. The Balaban J connectivity index is 1.70. The summed E-state index contributed by atoms with van der Waals surface area (Å²) in [6.07, 6.45) is 4.94. The van der Waals surface area contributed by atoms with Crippen LogP contribution in [0.1, 0.15) is 31.2 Å². The van der Waals surface area contributed by atoms with Crippen molar-refractivity contribution in [2.75, 3.05) is 6.61 Å². The van der Waals surface area contributed by atoms with Crippen molar-refractivity contribution in [3.05, 3.63) is 48.0 Å². The Morgan fingerprint density at radius 1 is 1.30 bits per heavy atom. The molecule has 1 amide bonds. The normalized spacial score (nSPS) is 24.3. The third-order valence-corrected chi connectivity index (χ3v) is 4.85. The van der Waals surface area contributed by atoms with E-state index in [1.54, 1.807) is 4.90 Å². The Labute approximate surface area is 137 Å². The van der Waals surface area contributed by atoms with Gasteiger partial charge in [0.1, 0.15) is 0 Å². The molecule has 1 aromatic carbocycles. The van der Waals surface area contributed by atoms with Crippen molar-refractivity contribution in [3.8, 4) is 0 Å². The molecule has 1 aliphatic carbocycles. The van der Waals surface area contributed by atoms with E-state index in [2.05, 4.69) is 6.58 Å². The molecule has 2 unspecified atom stereocenters. The lowest BCUT2D eigenvalue weighted by atomic mass is 9.81. The van der Waals surface area contributed by atoms with E-state index in [0.717, 1.165) is 12.0 Å². The predicted molar refractivity (Wildman–Crippen MR) is 87.7 cm³/mol. The van der Waals surface area contributed by atoms with Gasteiger partial charge in [-0.25, -0.2) is 0 Å². The molecule has 1 aliphatic heterocycles. The number of amides is 1. The van der Waals surface area contributed by atoms with E-state index in [4.69, 9.17) is 4.74 Å². The largest absolute Gasteiger partial charge is 0.349 e. The molecule has 0 spiro atoms. The Bertz CT molecular complexity index is 580. The molecule has 1 heterocycles. The van der Waals surface area contributed by atoms with Gasteiger partial charge in [0.2, 0.25) is 0 Å². The summed E-state index contributed by atoms with van der Waals surface area (Å²) in [6.45, 7) is 4.36. The van der Waals surface area contributed by atoms with Crippen LogP contribution in [0.2, 0.25) is 0 Å². The third-order valence-electron chi connectivity index (χ3n) is 4.85. The first-order chi connectivity index (χ1) is 11.2. The molecule has 2 atom stereocenters. The van der Waals surface area contributed by atoms with Gasteiger partial charge in [0.05, 0.1) is 12.6 Å². The van der Waals surface area contributed by atoms with Crippen molar-refractivity contribution in [1.29, 1.82) is 0 Å². The summed E-state index contributed by atoms with van der Waals surface area (Å²) in [5, 5.41) is 0. The maximum absolute atomic E-state index is 12.8. The SMILES string of the molecule is C=C(CC1CCC1)C(=O)N1C(Cc2ccccc2)COC1C=O. The van der Waals surface area contributed by atoms with Crippen LogP contribution >= 0.6 is 0 Å². The summed E-state index contributed by atoms with van der Waals surface area (Å²) in [7, 11) is 0. The fourth-order valence-electron chi connectivity index (χ4n) is 3.32. The zero-order valence-electron chi connectivity index (χ0n) is 13.3. The molecule has 4 nitrogen and oxygen atoms in total. The number of ether oxygens (including phenoxy) is 1. The Kier molecular flexibility index (Phi) is 4.91. The van der Waals surface area contributed by atoms with Gasteiger partial charge in [0.25, 0.3) is 5.91 Å². The first kappa shape index (κ1) is 15.9. The Morgan fingerprint density at radius 2 is 2.04 bits per heavy atom. The van der Waals surface area contributed by atoms with Gasteiger partial charge in [0, 0.05) is 5.57 Å². The zero-order valence-corrected chi connectivity index (χ0v) is 13.3. The van der Waals surface area contributed by atoms with Crippen molar-refractivity contribution in [2.45, 2.75) is 44.4 Å². The lowest BCUT2D eigenvalue weighted by Crippen LogP contribution is -2.44. The maximum Gasteiger partial charge on any atom is 0.251 e. The van der Waals surface area contributed by atoms with E-state index in [0.29, 0.717) is 30.8 Å². The highest BCUT2D eigenvalue weighted by molar-refractivity contribution is 5.94. The average molecular weight is 313 g/mol. The van der Waals surface area contributed by atoms with E-state index >= 15 is 0 Å². The molecule has 1 saturated carbocycles. The van der Waals surface area contributed by atoms with Gasteiger partial charge in [0.15, 0.2) is 12.5 Å². The van der Waals surface area contributed by atoms with Crippen LogP contribution in [0.4, 0.5) is 0 Å². The molecule has 1 saturated heterocycles. The molecular formula is C19H23NO3. The fourth-order valence-corrected chi connectivity index (χ4v) is 3.32. The van der Waals surface area contributed by atoms with Crippen molar-refractivity contribution < 1.29 is 14.3 Å². The highest BCUT2D eigenvalue weighted by atomic mass is 16.5. The number of benzene rings is 1. The first-order valence-electron chi connectivity index (χ1n) is 8.30. The predicted octanol–water partition coefficient (Wildman–Crippen LogP) is 2.73. The van der Waals surface area contributed by atoms with Crippen LogP contribution in [0.3, 0.4) is 0 Å².